The zero-order valence-corrected chi connectivity index (χ0v) is 17.6. The number of ether oxygens (including phenoxy) is 2. The molecule has 2 aromatic rings. The van der Waals surface area contributed by atoms with E-state index in [1.807, 2.05) is 13.8 Å². The molecule has 164 valence electrons. The molecule has 2 N–H and O–H groups in total. The van der Waals surface area contributed by atoms with E-state index in [2.05, 4.69) is 19.9 Å². The van der Waals surface area contributed by atoms with Crippen molar-refractivity contribution in [2.24, 2.45) is 0 Å². The fraction of sp³-hybridized carbons (Fsp3) is 0.500. The standard InChI is InChI=1S/2C10H14N2O3/c2*1-3-7(4-9(13)14)8-5-11-10(15-2)12-6-8/h2*5-7H,3-4H2,1-2H3,(H,13,14)/t2*7-/m10/s1. The smallest absolute Gasteiger partial charge is 0.316 e. The number of methoxy groups -OCH3 is 2. The Balaban J connectivity index is 0.000000300. The van der Waals surface area contributed by atoms with Crippen LogP contribution < -0.4 is 9.47 Å². The van der Waals surface area contributed by atoms with E-state index in [4.69, 9.17) is 19.7 Å². The Hall–Kier alpha value is -3.30. The largest absolute Gasteiger partial charge is 0.481 e. The predicted molar refractivity (Wildman–Crippen MR) is 108 cm³/mol. The Morgan fingerprint density at radius 1 is 0.767 bits per heavy atom. The van der Waals surface area contributed by atoms with Crippen molar-refractivity contribution in [2.75, 3.05) is 14.2 Å². The van der Waals surface area contributed by atoms with E-state index in [0.29, 0.717) is 12.0 Å². The lowest BCUT2D eigenvalue weighted by molar-refractivity contribution is -0.138. The van der Waals surface area contributed by atoms with Gasteiger partial charge in [0, 0.05) is 24.8 Å². The van der Waals surface area contributed by atoms with Crippen molar-refractivity contribution < 1.29 is 29.3 Å². The fourth-order valence-corrected chi connectivity index (χ4v) is 2.70. The van der Waals surface area contributed by atoms with E-state index in [-0.39, 0.29) is 24.7 Å². The first-order valence-electron chi connectivity index (χ1n) is 9.49. The van der Waals surface area contributed by atoms with Crippen molar-refractivity contribution in [3.05, 3.63) is 35.9 Å². The van der Waals surface area contributed by atoms with Crippen LogP contribution in [0.5, 0.6) is 12.0 Å². The van der Waals surface area contributed by atoms with Gasteiger partial charge in [0.25, 0.3) is 0 Å². The summed E-state index contributed by atoms with van der Waals surface area (Å²) in [6.45, 7) is 3.88. The third-order valence-electron chi connectivity index (χ3n) is 4.43. The minimum Gasteiger partial charge on any atom is -0.481 e. The Morgan fingerprint density at radius 2 is 1.07 bits per heavy atom. The summed E-state index contributed by atoms with van der Waals surface area (Å²) < 4.78 is 9.65. The number of rotatable bonds is 10. The number of carbonyl (C=O) groups is 2. The normalized spacial score (nSPS) is 12.1. The second kappa shape index (κ2) is 13.0. The highest BCUT2D eigenvalue weighted by Gasteiger charge is 2.15. The average molecular weight is 420 g/mol. The third kappa shape index (κ3) is 8.38. The van der Waals surface area contributed by atoms with Gasteiger partial charge < -0.3 is 19.7 Å². The van der Waals surface area contributed by atoms with Gasteiger partial charge >= 0.3 is 24.0 Å². The molecule has 30 heavy (non-hydrogen) atoms. The summed E-state index contributed by atoms with van der Waals surface area (Å²) in [5, 5.41) is 17.4. The molecule has 0 amide bonds. The minimum absolute atomic E-state index is 0.0339. The minimum atomic E-state index is -0.808. The molecular weight excluding hydrogens is 392 g/mol. The Labute approximate surface area is 175 Å². The lowest BCUT2D eigenvalue weighted by Crippen LogP contribution is -2.06. The SMILES string of the molecule is CC[C@@H](CC(=O)O)c1cnc(OC)nc1.CC[C@H](CC(=O)O)c1cnc(OC)nc1. The number of hydrogen-bond acceptors (Lipinski definition) is 8. The number of aromatic nitrogens is 4. The van der Waals surface area contributed by atoms with Crippen molar-refractivity contribution in [1.82, 2.24) is 19.9 Å². The van der Waals surface area contributed by atoms with Gasteiger partial charge in [-0.1, -0.05) is 13.8 Å². The van der Waals surface area contributed by atoms with Crippen molar-refractivity contribution in [3.8, 4) is 12.0 Å². The van der Waals surface area contributed by atoms with Crippen molar-refractivity contribution in [3.63, 3.8) is 0 Å². The van der Waals surface area contributed by atoms with E-state index in [0.717, 1.165) is 24.0 Å². The monoisotopic (exact) mass is 420 g/mol. The maximum Gasteiger partial charge on any atom is 0.316 e. The lowest BCUT2D eigenvalue weighted by Gasteiger charge is -2.11. The summed E-state index contributed by atoms with van der Waals surface area (Å²) in [4.78, 5) is 37.0. The van der Waals surface area contributed by atoms with Crippen LogP contribution >= 0.6 is 0 Å². The molecule has 0 aliphatic rings. The molecule has 0 spiro atoms. The van der Waals surface area contributed by atoms with Gasteiger partial charge in [0.2, 0.25) is 0 Å². The third-order valence-corrected chi connectivity index (χ3v) is 4.43. The Bertz CT molecular complexity index is 715. The van der Waals surface area contributed by atoms with Crippen LogP contribution in [0.2, 0.25) is 0 Å². The molecule has 0 radical (unpaired) electrons. The van der Waals surface area contributed by atoms with Crippen LogP contribution in [-0.2, 0) is 9.59 Å². The number of aliphatic carboxylic acids is 2. The maximum absolute atomic E-state index is 10.6. The Morgan fingerprint density at radius 3 is 1.27 bits per heavy atom. The van der Waals surface area contributed by atoms with E-state index >= 15 is 0 Å². The van der Waals surface area contributed by atoms with Gasteiger partial charge in [-0.05, 0) is 35.8 Å². The first-order valence-corrected chi connectivity index (χ1v) is 9.49. The molecule has 0 aliphatic heterocycles. The molecule has 2 heterocycles. The van der Waals surface area contributed by atoms with Crippen molar-refractivity contribution >= 4 is 11.9 Å². The fourth-order valence-electron chi connectivity index (χ4n) is 2.70. The van der Waals surface area contributed by atoms with Crippen LogP contribution in [0.1, 0.15) is 62.5 Å². The van der Waals surface area contributed by atoms with Crippen LogP contribution in [0, 0.1) is 0 Å². The maximum atomic E-state index is 10.6. The van der Waals surface area contributed by atoms with Gasteiger partial charge in [0.15, 0.2) is 0 Å². The van der Waals surface area contributed by atoms with Crippen LogP contribution in [0.3, 0.4) is 0 Å². The summed E-state index contributed by atoms with van der Waals surface area (Å²) >= 11 is 0. The molecule has 2 aromatic heterocycles. The van der Waals surface area contributed by atoms with Gasteiger partial charge in [-0.15, -0.1) is 0 Å². The highest BCUT2D eigenvalue weighted by Crippen LogP contribution is 2.23. The highest BCUT2D eigenvalue weighted by molar-refractivity contribution is 5.68. The molecule has 2 atom stereocenters. The van der Waals surface area contributed by atoms with E-state index in [9.17, 15) is 9.59 Å². The van der Waals surface area contributed by atoms with Gasteiger partial charge in [-0.3, -0.25) is 9.59 Å². The zero-order valence-electron chi connectivity index (χ0n) is 17.6. The first-order chi connectivity index (χ1) is 14.3. The summed E-state index contributed by atoms with van der Waals surface area (Å²) in [5.74, 6) is -1.68. The molecule has 10 nitrogen and oxygen atoms in total. The van der Waals surface area contributed by atoms with Crippen molar-refractivity contribution in [2.45, 2.75) is 51.4 Å². The zero-order chi connectivity index (χ0) is 22.5. The second-order valence-corrected chi connectivity index (χ2v) is 6.41. The number of hydrogen-bond donors (Lipinski definition) is 2. The molecular formula is C20H28N4O6. The average Bonchev–Trinajstić information content (AvgIpc) is 2.76. The topological polar surface area (TPSA) is 145 Å². The van der Waals surface area contributed by atoms with E-state index in [1.54, 1.807) is 24.8 Å². The van der Waals surface area contributed by atoms with Gasteiger partial charge in [0.1, 0.15) is 0 Å². The van der Waals surface area contributed by atoms with Gasteiger partial charge in [0.05, 0.1) is 27.1 Å². The Kier molecular flexibility index (Phi) is 10.7. The molecule has 0 bridgehead atoms. The molecule has 2 rings (SSSR count). The first kappa shape index (κ1) is 24.7. The van der Waals surface area contributed by atoms with Crippen LogP contribution in [0.25, 0.3) is 0 Å². The van der Waals surface area contributed by atoms with Crippen molar-refractivity contribution in [1.29, 1.82) is 0 Å². The predicted octanol–water partition coefficient (Wildman–Crippen LogP) is 2.91. The van der Waals surface area contributed by atoms with Crippen LogP contribution in [0.15, 0.2) is 24.8 Å². The number of nitrogens with zero attached hydrogens (tertiary/aromatic N) is 4. The van der Waals surface area contributed by atoms with Gasteiger partial charge in [-0.25, -0.2) is 19.9 Å². The number of carboxylic acid groups (broad SMARTS) is 2. The van der Waals surface area contributed by atoms with Crippen LogP contribution in [-0.4, -0.2) is 56.3 Å². The molecule has 0 aliphatic carbocycles. The van der Waals surface area contributed by atoms with E-state index < -0.39 is 11.9 Å². The molecule has 0 fully saturated rings. The summed E-state index contributed by atoms with van der Waals surface area (Å²) in [5.41, 5.74) is 1.67. The molecule has 0 saturated heterocycles. The van der Waals surface area contributed by atoms with E-state index in [1.165, 1.54) is 14.2 Å². The summed E-state index contributed by atoms with van der Waals surface area (Å²) in [6.07, 6.45) is 8.17. The molecule has 0 unspecified atom stereocenters. The number of carboxylic acids is 2. The van der Waals surface area contributed by atoms with Crippen LogP contribution in [0.4, 0.5) is 0 Å². The lowest BCUT2D eigenvalue weighted by atomic mass is 9.96. The summed E-state index contributed by atoms with van der Waals surface area (Å²) in [7, 11) is 2.98. The molecule has 10 heteroatoms. The highest BCUT2D eigenvalue weighted by atomic mass is 16.5. The summed E-state index contributed by atoms with van der Waals surface area (Å²) in [6, 6.07) is 0.591. The quantitative estimate of drug-likeness (QED) is 0.588. The van der Waals surface area contributed by atoms with Gasteiger partial charge in [-0.2, -0.15) is 0 Å². The second-order valence-electron chi connectivity index (χ2n) is 6.41. The molecule has 0 saturated carbocycles. The molecule has 0 aromatic carbocycles.